The number of ether oxygens (including phenoxy) is 1. The molecule has 13 heavy (non-hydrogen) atoms. The average Bonchev–Trinajstić information content (AvgIpc) is 2.61. The Bertz CT molecular complexity index is 403. The number of aromatic nitrogens is 2. The summed E-state index contributed by atoms with van der Waals surface area (Å²) in [6, 6.07) is 1.75. The van der Waals surface area contributed by atoms with Crippen molar-refractivity contribution < 1.29 is 9.53 Å². The summed E-state index contributed by atoms with van der Waals surface area (Å²) in [6.07, 6.45) is 1.61. The molecular weight excluding hydrogens is 188 g/mol. The summed E-state index contributed by atoms with van der Waals surface area (Å²) in [5.41, 5.74) is 0.882. The highest BCUT2D eigenvalue weighted by atomic mass is 32.1. The predicted octanol–water partition coefficient (Wildman–Crippen LogP) is 1.80. The lowest BCUT2D eigenvalue weighted by molar-refractivity contribution is 0.0532. The fraction of sp³-hybridized carbons (Fsp3) is 0.250. The van der Waals surface area contributed by atoms with E-state index >= 15 is 0 Å². The monoisotopic (exact) mass is 196 g/mol. The first-order valence-corrected chi connectivity index (χ1v) is 4.73. The van der Waals surface area contributed by atoms with Crippen LogP contribution in [0.15, 0.2) is 12.4 Å². The molecule has 0 saturated heterocycles. The van der Waals surface area contributed by atoms with E-state index in [2.05, 4.69) is 9.97 Å². The van der Waals surface area contributed by atoms with Crippen LogP contribution < -0.4 is 0 Å². The molecule has 2 aromatic heterocycles. The quantitative estimate of drug-likeness (QED) is 0.745. The first-order chi connectivity index (χ1) is 6.31. The Balaban J connectivity index is 2.34. The standard InChI is InChI=1S/C8H8N2O2S/c1-2-12-8(11)6-3-5-7(13-6)10-4-9-5/h3-4H,2H2,1H3,(H,9,10). The number of thiophene rings is 1. The minimum atomic E-state index is -0.279. The Morgan fingerprint density at radius 3 is 3.31 bits per heavy atom. The number of nitrogens with zero attached hydrogens (tertiary/aromatic N) is 1. The number of rotatable bonds is 2. The smallest absolute Gasteiger partial charge is 0.348 e. The molecular formula is C8H8N2O2S. The van der Waals surface area contributed by atoms with Crippen molar-refractivity contribution in [2.24, 2.45) is 0 Å². The molecule has 0 saturated carbocycles. The summed E-state index contributed by atoms with van der Waals surface area (Å²) in [5, 5.41) is 0. The number of nitrogens with one attached hydrogen (secondary N) is 1. The van der Waals surface area contributed by atoms with E-state index in [4.69, 9.17) is 4.74 Å². The molecule has 0 atom stereocenters. The topological polar surface area (TPSA) is 55.0 Å². The SMILES string of the molecule is CCOC(=O)c1cc2[nH]cnc2s1. The van der Waals surface area contributed by atoms with Crippen molar-refractivity contribution in [3.05, 3.63) is 17.3 Å². The van der Waals surface area contributed by atoms with E-state index in [0.29, 0.717) is 11.5 Å². The van der Waals surface area contributed by atoms with Crippen LogP contribution in [0.3, 0.4) is 0 Å². The van der Waals surface area contributed by atoms with E-state index in [1.165, 1.54) is 11.3 Å². The lowest BCUT2D eigenvalue weighted by Gasteiger charge is -1.95. The highest BCUT2D eigenvalue weighted by Gasteiger charge is 2.11. The molecule has 0 aliphatic rings. The first kappa shape index (κ1) is 8.25. The summed E-state index contributed by atoms with van der Waals surface area (Å²) in [4.78, 5) is 19.7. The second kappa shape index (κ2) is 3.18. The number of hydrogen-bond acceptors (Lipinski definition) is 4. The minimum absolute atomic E-state index is 0.279. The van der Waals surface area contributed by atoms with Gasteiger partial charge < -0.3 is 9.72 Å². The van der Waals surface area contributed by atoms with Crippen molar-refractivity contribution >= 4 is 27.7 Å². The van der Waals surface area contributed by atoms with Crippen LogP contribution in [0.2, 0.25) is 0 Å². The lowest BCUT2D eigenvalue weighted by atomic mass is 10.4. The van der Waals surface area contributed by atoms with E-state index in [1.54, 1.807) is 19.3 Å². The Hall–Kier alpha value is -1.36. The molecule has 1 N–H and O–H groups in total. The summed E-state index contributed by atoms with van der Waals surface area (Å²) in [6.45, 7) is 2.19. The Morgan fingerprint density at radius 1 is 1.77 bits per heavy atom. The molecule has 0 unspecified atom stereocenters. The van der Waals surface area contributed by atoms with Crippen LogP contribution in [0.25, 0.3) is 10.3 Å². The maximum atomic E-state index is 11.3. The number of esters is 1. The average molecular weight is 196 g/mol. The zero-order valence-electron chi connectivity index (χ0n) is 7.03. The third kappa shape index (κ3) is 1.42. The molecule has 0 amide bonds. The number of fused-ring (bicyclic) bond motifs is 1. The molecule has 0 aliphatic heterocycles. The number of aromatic amines is 1. The van der Waals surface area contributed by atoms with Crippen molar-refractivity contribution in [2.75, 3.05) is 6.61 Å². The molecule has 68 valence electrons. The van der Waals surface area contributed by atoms with Gasteiger partial charge in [-0.3, -0.25) is 0 Å². The van der Waals surface area contributed by atoms with Gasteiger partial charge in [0, 0.05) is 0 Å². The van der Waals surface area contributed by atoms with Crippen LogP contribution in [-0.4, -0.2) is 22.5 Å². The van der Waals surface area contributed by atoms with Gasteiger partial charge in [-0.1, -0.05) is 0 Å². The first-order valence-electron chi connectivity index (χ1n) is 3.91. The third-order valence-electron chi connectivity index (χ3n) is 1.59. The van der Waals surface area contributed by atoms with Gasteiger partial charge >= 0.3 is 5.97 Å². The molecule has 0 radical (unpaired) electrons. The predicted molar refractivity (Wildman–Crippen MR) is 49.9 cm³/mol. The molecule has 0 fully saturated rings. The maximum absolute atomic E-state index is 11.3. The van der Waals surface area contributed by atoms with Gasteiger partial charge in [0.25, 0.3) is 0 Å². The minimum Gasteiger partial charge on any atom is -0.462 e. The van der Waals surface area contributed by atoms with Crippen molar-refractivity contribution in [2.45, 2.75) is 6.92 Å². The highest BCUT2D eigenvalue weighted by Crippen LogP contribution is 2.22. The molecule has 0 bridgehead atoms. The van der Waals surface area contributed by atoms with Crippen LogP contribution in [-0.2, 0) is 4.74 Å². The maximum Gasteiger partial charge on any atom is 0.348 e. The van der Waals surface area contributed by atoms with Gasteiger partial charge in [-0.2, -0.15) is 0 Å². The third-order valence-corrected chi connectivity index (χ3v) is 2.61. The van der Waals surface area contributed by atoms with Gasteiger partial charge in [0.2, 0.25) is 0 Å². The van der Waals surface area contributed by atoms with Crippen LogP contribution in [0.5, 0.6) is 0 Å². The van der Waals surface area contributed by atoms with E-state index in [-0.39, 0.29) is 5.97 Å². The van der Waals surface area contributed by atoms with Gasteiger partial charge in [0.1, 0.15) is 9.71 Å². The molecule has 2 aromatic rings. The van der Waals surface area contributed by atoms with Gasteiger partial charge in [-0.05, 0) is 13.0 Å². The van der Waals surface area contributed by atoms with Gasteiger partial charge in [0.05, 0.1) is 18.5 Å². The number of carbonyl (C=O) groups excluding carboxylic acids is 1. The molecule has 2 heterocycles. The van der Waals surface area contributed by atoms with Crippen LogP contribution >= 0.6 is 11.3 Å². The fourth-order valence-corrected chi connectivity index (χ4v) is 1.90. The molecule has 4 nitrogen and oxygen atoms in total. The Labute approximate surface area is 78.6 Å². The van der Waals surface area contributed by atoms with Gasteiger partial charge in [-0.25, -0.2) is 9.78 Å². The highest BCUT2D eigenvalue weighted by molar-refractivity contribution is 7.20. The molecule has 2 rings (SSSR count). The number of hydrogen-bond donors (Lipinski definition) is 1. The van der Waals surface area contributed by atoms with E-state index < -0.39 is 0 Å². The van der Waals surface area contributed by atoms with Crippen molar-refractivity contribution in [3.63, 3.8) is 0 Å². The zero-order chi connectivity index (χ0) is 9.26. The Morgan fingerprint density at radius 2 is 2.62 bits per heavy atom. The summed E-state index contributed by atoms with van der Waals surface area (Å²) >= 11 is 1.34. The summed E-state index contributed by atoms with van der Waals surface area (Å²) < 4.78 is 4.86. The summed E-state index contributed by atoms with van der Waals surface area (Å²) in [7, 11) is 0. The molecule has 0 aromatic carbocycles. The van der Waals surface area contributed by atoms with Crippen LogP contribution in [0, 0.1) is 0 Å². The number of H-pyrrole nitrogens is 1. The van der Waals surface area contributed by atoms with Crippen molar-refractivity contribution in [1.29, 1.82) is 0 Å². The zero-order valence-corrected chi connectivity index (χ0v) is 7.85. The fourth-order valence-electron chi connectivity index (χ4n) is 1.04. The molecule has 5 heteroatoms. The van der Waals surface area contributed by atoms with Gasteiger partial charge in [-0.15, -0.1) is 11.3 Å². The summed E-state index contributed by atoms with van der Waals surface area (Å²) in [5.74, 6) is -0.279. The molecule has 0 spiro atoms. The van der Waals surface area contributed by atoms with E-state index in [0.717, 1.165) is 10.3 Å². The molecule has 0 aliphatic carbocycles. The van der Waals surface area contributed by atoms with Gasteiger partial charge in [0.15, 0.2) is 0 Å². The largest absolute Gasteiger partial charge is 0.462 e. The second-order valence-corrected chi connectivity index (χ2v) is 3.48. The second-order valence-electron chi connectivity index (χ2n) is 2.45. The van der Waals surface area contributed by atoms with Crippen LogP contribution in [0.1, 0.15) is 16.6 Å². The van der Waals surface area contributed by atoms with Crippen molar-refractivity contribution in [3.8, 4) is 0 Å². The number of carbonyl (C=O) groups is 1. The van der Waals surface area contributed by atoms with Crippen LogP contribution in [0.4, 0.5) is 0 Å². The lowest BCUT2D eigenvalue weighted by Crippen LogP contribution is -2.01. The van der Waals surface area contributed by atoms with Crippen molar-refractivity contribution in [1.82, 2.24) is 9.97 Å². The van der Waals surface area contributed by atoms with E-state index in [1.807, 2.05) is 0 Å². The van der Waals surface area contributed by atoms with E-state index in [9.17, 15) is 4.79 Å². The normalized spacial score (nSPS) is 10.5. The number of imidazole rings is 1. The Kier molecular flexibility index (Phi) is 2.02.